The van der Waals surface area contributed by atoms with Crippen LogP contribution < -0.4 is 0 Å². The van der Waals surface area contributed by atoms with Gasteiger partial charge in [0.1, 0.15) is 17.1 Å². The van der Waals surface area contributed by atoms with E-state index in [1.165, 1.54) is 6.92 Å². The lowest BCUT2D eigenvalue weighted by molar-refractivity contribution is -0.179. The summed E-state index contributed by atoms with van der Waals surface area (Å²) in [5, 5.41) is 31.6. The molecule has 0 aromatic rings. The van der Waals surface area contributed by atoms with Crippen molar-refractivity contribution in [2.75, 3.05) is 0 Å². The molecule has 4 aliphatic carbocycles. The van der Waals surface area contributed by atoms with Gasteiger partial charge in [-0.05, 0) is 31.6 Å². The SMILES string of the molecule is C=C1C[C@]23CC1[C@@H](O)C[C@H]2[C@]12OC(=O)[C@](C)(C(=O)C[C@H]1O)[C@H]2[C@@H]3C(=O)O. The molecule has 7 nitrogen and oxygen atoms in total. The first-order valence-corrected chi connectivity index (χ1v) is 9.14. The predicted octanol–water partition coefficient (Wildman–Crippen LogP) is 0.286. The molecule has 9 atom stereocenters. The quantitative estimate of drug-likeness (QED) is 0.348. The molecule has 0 aromatic carbocycles. The van der Waals surface area contributed by atoms with Gasteiger partial charge in [0.2, 0.25) is 0 Å². The largest absolute Gasteiger partial charge is 0.481 e. The molecule has 3 N–H and O–H groups in total. The van der Waals surface area contributed by atoms with Crippen LogP contribution in [-0.2, 0) is 19.1 Å². The number of hydrogen-bond acceptors (Lipinski definition) is 6. The van der Waals surface area contributed by atoms with Gasteiger partial charge in [0.05, 0.1) is 12.0 Å². The Bertz CT molecular complexity index is 789. The summed E-state index contributed by atoms with van der Waals surface area (Å²) in [7, 11) is 0. The summed E-state index contributed by atoms with van der Waals surface area (Å²) in [4.78, 5) is 37.8. The Morgan fingerprint density at radius 1 is 1.31 bits per heavy atom. The second kappa shape index (κ2) is 4.39. The van der Waals surface area contributed by atoms with Crippen LogP contribution in [0.25, 0.3) is 0 Å². The second-order valence-electron chi connectivity index (χ2n) is 9.12. The van der Waals surface area contributed by atoms with Crippen molar-refractivity contribution in [2.24, 2.45) is 34.5 Å². The number of fused-ring (bicyclic) bond motifs is 1. The molecule has 1 spiro atoms. The van der Waals surface area contributed by atoms with Crippen LogP contribution in [-0.4, -0.2) is 50.9 Å². The van der Waals surface area contributed by atoms with E-state index in [0.29, 0.717) is 12.8 Å². The summed E-state index contributed by atoms with van der Waals surface area (Å²) in [6, 6.07) is 0. The zero-order valence-electron chi connectivity index (χ0n) is 14.5. The maximum Gasteiger partial charge on any atom is 0.320 e. The van der Waals surface area contributed by atoms with E-state index in [0.717, 1.165) is 5.57 Å². The van der Waals surface area contributed by atoms with Crippen LogP contribution in [0, 0.1) is 34.5 Å². The van der Waals surface area contributed by atoms with E-state index in [-0.39, 0.29) is 18.8 Å². The van der Waals surface area contributed by atoms with Crippen molar-refractivity contribution in [2.45, 2.75) is 50.4 Å². The van der Waals surface area contributed by atoms with Gasteiger partial charge >= 0.3 is 11.9 Å². The number of ether oxygens (including phenoxy) is 1. The van der Waals surface area contributed by atoms with E-state index < -0.39 is 64.1 Å². The lowest BCUT2D eigenvalue weighted by Crippen LogP contribution is -2.59. The molecule has 26 heavy (non-hydrogen) atoms. The zero-order chi connectivity index (χ0) is 18.8. The number of aliphatic carboxylic acids is 1. The van der Waals surface area contributed by atoms with Crippen molar-refractivity contribution in [1.82, 2.24) is 0 Å². The Hall–Kier alpha value is -1.73. The molecule has 5 fully saturated rings. The molecule has 0 radical (unpaired) electrons. The number of esters is 1. The highest BCUT2D eigenvalue weighted by atomic mass is 16.6. The monoisotopic (exact) mass is 362 g/mol. The van der Waals surface area contributed by atoms with Crippen molar-refractivity contribution in [3.05, 3.63) is 12.2 Å². The van der Waals surface area contributed by atoms with Gasteiger partial charge < -0.3 is 20.1 Å². The van der Waals surface area contributed by atoms with Gasteiger partial charge in [0.15, 0.2) is 5.78 Å². The van der Waals surface area contributed by atoms with E-state index >= 15 is 0 Å². The topological polar surface area (TPSA) is 121 Å². The van der Waals surface area contributed by atoms with E-state index in [1.54, 1.807) is 0 Å². The fourth-order valence-electron chi connectivity index (χ4n) is 7.43. The standard InChI is InChI=1S/C19H22O7/c1-7-5-18-6-8(7)9(20)3-10(18)19-12(22)4-11(21)17(2,16(25)26-19)14(19)13(18)15(23)24/h8-10,12-14,20,22H,1,3-6H2,2H3,(H,23,24)/t8?,9-,10+,12+,13+,14+,17+,18-,19-/m0/s1. The van der Waals surface area contributed by atoms with Crippen molar-refractivity contribution in [1.29, 1.82) is 0 Å². The third kappa shape index (κ3) is 1.39. The Morgan fingerprint density at radius 2 is 2.00 bits per heavy atom. The molecule has 4 saturated carbocycles. The van der Waals surface area contributed by atoms with Crippen molar-refractivity contribution in [3.8, 4) is 0 Å². The third-order valence-electron chi connectivity index (χ3n) is 8.36. The molecule has 5 aliphatic rings. The van der Waals surface area contributed by atoms with Gasteiger partial charge in [0.25, 0.3) is 0 Å². The van der Waals surface area contributed by atoms with Crippen LogP contribution in [0.4, 0.5) is 0 Å². The van der Waals surface area contributed by atoms with Crippen LogP contribution in [0.3, 0.4) is 0 Å². The summed E-state index contributed by atoms with van der Waals surface area (Å²) in [6.07, 6.45) is -1.06. The highest BCUT2D eigenvalue weighted by Crippen LogP contribution is 2.77. The number of aliphatic hydroxyl groups excluding tert-OH is 2. The Balaban J connectivity index is 1.80. The Morgan fingerprint density at radius 3 is 2.65 bits per heavy atom. The summed E-state index contributed by atoms with van der Waals surface area (Å²) in [5.74, 6) is -4.85. The number of rotatable bonds is 1. The summed E-state index contributed by atoms with van der Waals surface area (Å²) < 4.78 is 5.75. The molecule has 1 heterocycles. The number of carbonyl (C=O) groups excluding carboxylic acids is 2. The summed E-state index contributed by atoms with van der Waals surface area (Å²) >= 11 is 0. The number of carboxylic acids is 1. The van der Waals surface area contributed by atoms with Crippen LogP contribution >= 0.6 is 0 Å². The molecule has 1 unspecified atom stereocenters. The number of carbonyl (C=O) groups is 3. The third-order valence-corrected chi connectivity index (χ3v) is 8.36. The van der Waals surface area contributed by atoms with Crippen molar-refractivity contribution in [3.63, 3.8) is 0 Å². The fourth-order valence-corrected chi connectivity index (χ4v) is 7.43. The Labute approximate surface area is 150 Å². The van der Waals surface area contributed by atoms with Gasteiger partial charge in [-0.25, -0.2) is 0 Å². The van der Waals surface area contributed by atoms with Gasteiger partial charge in [-0.15, -0.1) is 0 Å². The van der Waals surface area contributed by atoms with Crippen molar-refractivity contribution < 1.29 is 34.4 Å². The molecule has 0 aromatic heterocycles. The molecule has 4 bridgehead atoms. The molecular formula is C19H22O7. The number of hydrogen-bond donors (Lipinski definition) is 3. The van der Waals surface area contributed by atoms with E-state index in [9.17, 15) is 29.7 Å². The van der Waals surface area contributed by atoms with E-state index in [1.807, 2.05) is 0 Å². The second-order valence-corrected chi connectivity index (χ2v) is 9.12. The molecule has 0 amide bonds. The Kier molecular flexibility index (Phi) is 2.78. The normalized spacial score (nSPS) is 57.0. The number of carboxylic acid groups (broad SMARTS) is 1. The molecule has 5 rings (SSSR count). The van der Waals surface area contributed by atoms with Crippen molar-refractivity contribution >= 4 is 17.7 Å². The number of Topliss-reactive ketones (excluding diaryl/α,β-unsaturated/α-hetero) is 1. The van der Waals surface area contributed by atoms with Gasteiger partial charge in [-0.2, -0.15) is 0 Å². The molecule has 7 heteroatoms. The lowest BCUT2D eigenvalue weighted by atomic mass is 9.58. The predicted molar refractivity (Wildman–Crippen MR) is 85.6 cm³/mol. The average molecular weight is 362 g/mol. The number of ketones is 1. The minimum absolute atomic E-state index is 0.181. The van der Waals surface area contributed by atoms with E-state index in [4.69, 9.17) is 4.74 Å². The molecule has 1 aliphatic heterocycles. The first-order valence-electron chi connectivity index (χ1n) is 9.14. The van der Waals surface area contributed by atoms with Crippen LogP contribution in [0.2, 0.25) is 0 Å². The van der Waals surface area contributed by atoms with Crippen LogP contribution in [0.15, 0.2) is 12.2 Å². The number of aliphatic hydroxyl groups is 2. The minimum Gasteiger partial charge on any atom is -0.481 e. The van der Waals surface area contributed by atoms with Crippen LogP contribution in [0.1, 0.15) is 32.6 Å². The van der Waals surface area contributed by atoms with Crippen LogP contribution in [0.5, 0.6) is 0 Å². The molecular weight excluding hydrogens is 340 g/mol. The summed E-state index contributed by atoms with van der Waals surface area (Å²) in [6.45, 7) is 5.52. The smallest absolute Gasteiger partial charge is 0.320 e. The fraction of sp³-hybridized carbons (Fsp3) is 0.737. The minimum atomic E-state index is -1.56. The lowest BCUT2D eigenvalue weighted by Gasteiger charge is -2.46. The molecule has 1 saturated heterocycles. The van der Waals surface area contributed by atoms with Gasteiger partial charge in [0, 0.05) is 24.2 Å². The molecule has 140 valence electrons. The van der Waals surface area contributed by atoms with E-state index in [2.05, 4.69) is 6.58 Å². The van der Waals surface area contributed by atoms with Gasteiger partial charge in [-0.3, -0.25) is 14.4 Å². The maximum absolute atomic E-state index is 12.7. The first kappa shape index (κ1) is 16.4. The highest BCUT2D eigenvalue weighted by molar-refractivity contribution is 6.08. The maximum atomic E-state index is 12.7. The first-order chi connectivity index (χ1) is 12.1. The highest BCUT2D eigenvalue weighted by Gasteiger charge is 2.86. The van der Waals surface area contributed by atoms with Gasteiger partial charge in [-0.1, -0.05) is 12.2 Å². The summed E-state index contributed by atoms with van der Waals surface area (Å²) in [5.41, 5.74) is -2.90. The zero-order valence-corrected chi connectivity index (χ0v) is 14.5. The average Bonchev–Trinajstić information content (AvgIpc) is 3.05.